The van der Waals surface area contributed by atoms with Crippen LogP contribution in [0.3, 0.4) is 0 Å². The molecule has 150 valence electrons. The van der Waals surface area contributed by atoms with Gasteiger partial charge in [0.25, 0.3) is 11.6 Å². The molecule has 1 atom stereocenters. The smallest absolute Gasteiger partial charge is 0.315 e. The van der Waals surface area contributed by atoms with Gasteiger partial charge in [0.15, 0.2) is 5.78 Å². The molecular weight excluding hydrogens is 451 g/mol. The van der Waals surface area contributed by atoms with Crippen molar-refractivity contribution >= 4 is 38.7 Å². The maximum Gasteiger partial charge on any atom is 0.438 e. The Morgan fingerprint density at radius 3 is 2.52 bits per heavy atom. The monoisotopic (exact) mass is 465 g/mol. The van der Waals surface area contributed by atoms with Gasteiger partial charge in [-0.15, -0.1) is 0 Å². The van der Waals surface area contributed by atoms with E-state index >= 15 is 0 Å². The summed E-state index contributed by atoms with van der Waals surface area (Å²) in [4.78, 5) is 29.7. The summed E-state index contributed by atoms with van der Waals surface area (Å²) in [7, 11) is 0. The predicted octanol–water partition coefficient (Wildman–Crippen LogP) is 4.19. The number of ketones is 1. The van der Waals surface area contributed by atoms with Gasteiger partial charge in [-0.05, 0) is 65.2 Å². The molecule has 5 nitrogen and oxygen atoms in total. The molecule has 0 bridgehead atoms. The van der Waals surface area contributed by atoms with Crippen LogP contribution < -0.4 is 5.32 Å². The molecule has 29 heavy (non-hydrogen) atoms. The number of carbonyl (C=O) groups is 2. The molecule has 2 aromatic carbocycles. The summed E-state index contributed by atoms with van der Waals surface area (Å²) in [5.74, 6) is -2.21. The Labute approximate surface area is 172 Å². The highest BCUT2D eigenvalue weighted by Crippen LogP contribution is 2.44. The van der Waals surface area contributed by atoms with Gasteiger partial charge in [0, 0.05) is 4.47 Å². The first-order valence-electron chi connectivity index (χ1n) is 8.72. The fraction of sp³-hybridized carbons (Fsp3) is 0.250. The lowest BCUT2D eigenvalue weighted by molar-refractivity contribution is -0.214. The number of imidazole rings is 1. The second-order valence-electron chi connectivity index (χ2n) is 7.03. The second kappa shape index (κ2) is 6.41. The van der Waals surface area contributed by atoms with E-state index in [2.05, 4.69) is 20.9 Å². The number of aryl methyl sites for hydroxylation is 2. The number of nitrogens with zero attached hydrogens (tertiary/aromatic N) is 2. The van der Waals surface area contributed by atoms with E-state index in [0.29, 0.717) is 9.99 Å². The Hall–Kier alpha value is -2.68. The number of halogens is 4. The van der Waals surface area contributed by atoms with Crippen LogP contribution in [0.4, 0.5) is 13.2 Å². The average molecular weight is 466 g/mol. The van der Waals surface area contributed by atoms with Gasteiger partial charge in [0.1, 0.15) is 5.82 Å². The van der Waals surface area contributed by atoms with Crippen molar-refractivity contribution < 1.29 is 22.8 Å². The van der Waals surface area contributed by atoms with Crippen LogP contribution in [0.15, 0.2) is 40.9 Å². The molecule has 9 heteroatoms. The van der Waals surface area contributed by atoms with Crippen molar-refractivity contribution in [2.75, 3.05) is 0 Å². The molecule has 3 aromatic rings. The summed E-state index contributed by atoms with van der Waals surface area (Å²) in [5, 5.41) is 1.99. The molecule has 0 saturated carbocycles. The van der Waals surface area contributed by atoms with E-state index in [1.165, 1.54) is 18.2 Å². The Balaban J connectivity index is 1.95. The lowest BCUT2D eigenvalue weighted by Gasteiger charge is -2.33. The van der Waals surface area contributed by atoms with Crippen LogP contribution in [0.2, 0.25) is 0 Å². The van der Waals surface area contributed by atoms with E-state index in [-0.39, 0.29) is 16.9 Å². The van der Waals surface area contributed by atoms with Crippen LogP contribution in [0, 0.1) is 13.8 Å². The second-order valence-corrected chi connectivity index (χ2v) is 7.89. The third-order valence-electron chi connectivity index (χ3n) is 5.22. The molecule has 0 fully saturated rings. The normalized spacial score (nSPS) is 18.9. The minimum absolute atomic E-state index is 0.00572. The number of benzene rings is 2. The van der Waals surface area contributed by atoms with Gasteiger partial charge in [-0.1, -0.05) is 12.1 Å². The summed E-state index contributed by atoms with van der Waals surface area (Å²) >= 11 is 3.16. The molecule has 1 amide bonds. The van der Waals surface area contributed by atoms with Crippen molar-refractivity contribution in [1.82, 2.24) is 14.9 Å². The van der Waals surface area contributed by atoms with Gasteiger partial charge in [0.05, 0.1) is 23.0 Å². The number of hydrogen-bond donors (Lipinski definition) is 1. The van der Waals surface area contributed by atoms with Gasteiger partial charge in [-0.25, -0.2) is 4.98 Å². The molecule has 0 aliphatic carbocycles. The van der Waals surface area contributed by atoms with Crippen LogP contribution >= 0.6 is 15.9 Å². The number of amides is 1. The van der Waals surface area contributed by atoms with Crippen LogP contribution in [-0.2, 0) is 16.9 Å². The van der Waals surface area contributed by atoms with Crippen LogP contribution in [0.25, 0.3) is 11.0 Å². The number of rotatable bonds is 2. The van der Waals surface area contributed by atoms with E-state index in [1.54, 1.807) is 25.1 Å². The Morgan fingerprint density at radius 1 is 1.21 bits per heavy atom. The van der Waals surface area contributed by atoms with Crippen LogP contribution in [0.1, 0.15) is 27.3 Å². The zero-order chi connectivity index (χ0) is 21.1. The number of hydrogen-bond acceptors (Lipinski definition) is 3. The Morgan fingerprint density at radius 2 is 1.86 bits per heavy atom. The Kier molecular flexibility index (Phi) is 4.34. The molecule has 1 unspecified atom stereocenters. The van der Waals surface area contributed by atoms with E-state index < -0.39 is 30.0 Å². The third-order valence-corrected chi connectivity index (χ3v) is 5.91. The van der Waals surface area contributed by atoms with Gasteiger partial charge in [-0.2, -0.15) is 13.2 Å². The average Bonchev–Trinajstić information content (AvgIpc) is 3.09. The van der Waals surface area contributed by atoms with Crippen LogP contribution in [-0.4, -0.2) is 27.4 Å². The molecule has 1 aliphatic rings. The number of Topliss-reactive ketones (excluding diaryl/α,β-unsaturated/α-hetero) is 1. The molecule has 1 aliphatic heterocycles. The maximum atomic E-state index is 14.4. The van der Waals surface area contributed by atoms with E-state index in [0.717, 1.165) is 15.7 Å². The first kappa shape index (κ1) is 19.6. The maximum absolute atomic E-state index is 14.4. The fourth-order valence-corrected chi connectivity index (χ4v) is 4.09. The zero-order valence-corrected chi connectivity index (χ0v) is 17.0. The molecular formula is C20H15BrF3N3O2. The number of carbonyl (C=O) groups excluding carboxylic acids is 2. The summed E-state index contributed by atoms with van der Waals surface area (Å²) in [6, 6.07) is 9.31. The lowest BCUT2D eigenvalue weighted by Crippen LogP contribution is -2.62. The Bertz CT molecular complexity index is 1190. The number of aromatic nitrogens is 2. The first-order valence-corrected chi connectivity index (χ1v) is 9.51. The highest BCUT2D eigenvalue weighted by Gasteiger charge is 2.66. The zero-order valence-electron chi connectivity index (χ0n) is 15.4. The van der Waals surface area contributed by atoms with Gasteiger partial charge >= 0.3 is 6.18 Å². The molecule has 4 rings (SSSR count). The molecule has 0 radical (unpaired) electrons. The molecule has 1 N–H and O–H groups in total. The highest BCUT2D eigenvalue weighted by atomic mass is 79.9. The predicted molar refractivity (Wildman–Crippen MR) is 104 cm³/mol. The largest absolute Gasteiger partial charge is 0.438 e. The van der Waals surface area contributed by atoms with E-state index in [9.17, 15) is 22.8 Å². The quantitative estimate of drug-likeness (QED) is 0.617. The summed E-state index contributed by atoms with van der Waals surface area (Å²) in [5.41, 5.74) is -1.10. The lowest BCUT2D eigenvalue weighted by atomic mass is 10.0. The fourth-order valence-electron chi connectivity index (χ4n) is 3.63. The van der Waals surface area contributed by atoms with Crippen molar-refractivity contribution in [3.05, 3.63) is 63.4 Å². The van der Waals surface area contributed by atoms with Crippen molar-refractivity contribution in [2.45, 2.75) is 32.1 Å². The van der Waals surface area contributed by atoms with Gasteiger partial charge in [-0.3, -0.25) is 14.2 Å². The number of fused-ring (bicyclic) bond motifs is 3. The number of alkyl halides is 3. The topological polar surface area (TPSA) is 64.0 Å². The van der Waals surface area contributed by atoms with Crippen molar-refractivity contribution in [3.8, 4) is 0 Å². The van der Waals surface area contributed by atoms with Crippen molar-refractivity contribution in [2.24, 2.45) is 0 Å². The third kappa shape index (κ3) is 2.78. The summed E-state index contributed by atoms with van der Waals surface area (Å²) in [6.45, 7) is 3.59. The first-order chi connectivity index (χ1) is 13.6. The number of nitrogens with one attached hydrogen (secondary N) is 1. The highest BCUT2D eigenvalue weighted by molar-refractivity contribution is 9.10. The van der Waals surface area contributed by atoms with E-state index in [1.807, 2.05) is 12.2 Å². The van der Waals surface area contributed by atoms with Gasteiger partial charge in [0.2, 0.25) is 0 Å². The van der Waals surface area contributed by atoms with Gasteiger partial charge < -0.3 is 5.32 Å². The van der Waals surface area contributed by atoms with Crippen LogP contribution in [0.5, 0.6) is 0 Å². The summed E-state index contributed by atoms with van der Waals surface area (Å²) in [6.07, 6.45) is -5.60. The van der Waals surface area contributed by atoms with Crippen molar-refractivity contribution in [3.63, 3.8) is 0 Å². The molecule has 0 saturated heterocycles. The minimum atomic E-state index is -5.07. The molecule has 2 heterocycles. The SMILES string of the molecule is Cc1cc2nc3n(c2cc1C)C(NC(=O)c1ccccc1Br)(C(F)(F)F)C(=O)C3. The van der Waals surface area contributed by atoms with Crippen molar-refractivity contribution in [1.29, 1.82) is 0 Å². The molecule has 0 spiro atoms. The standard InChI is InChI=1S/C20H15BrF3N3O2/c1-10-7-14-15(8-11(10)2)27-17(25-14)9-16(28)19(27,20(22,23)24)26-18(29)12-5-3-4-6-13(12)21/h3-8H,9H2,1-2H3,(H,26,29). The van der Waals surface area contributed by atoms with E-state index in [4.69, 9.17) is 0 Å². The molecule has 1 aromatic heterocycles. The minimum Gasteiger partial charge on any atom is -0.315 e. The summed E-state index contributed by atoms with van der Waals surface area (Å²) < 4.78 is 44.4.